The van der Waals surface area contributed by atoms with Crippen LogP contribution in [0.4, 0.5) is 0 Å². The van der Waals surface area contributed by atoms with Gasteiger partial charge in [0.15, 0.2) is 0 Å². The minimum atomic E-state index is -2.59. The molecule has 0 bridgehead atoms. The van der Waals surface area contributed by atoms with Crippen molar-refractivity contribution < 1.29 is 13.3 Å². The lowest BCUT2D eigenvalue weighted by Gasteiger charge is -2.22. The molecule has 0 amide bonds. The molecule has 8 aromatic rings. The fraction of sp³-hybridized carbons (Fsp3) is 0.311. The third kappa shape index (κ3) is 9.06. The summed E-state index contributed by atoms with van der Waals surface area (Å²) in [5, 5.41) is 12.1. The van der Waals surface area contributed by atoms with E-state index in [2.05, 4.69) is 77.9 Å². The number of hydrogen-bond donors (Lipinski definition) is 1. The predicted molar refractivity (Wildman–Crippen MR) is 277 cm³/mol. The smallest absolute Gasteiger partial charge is 0.149 e. The highest BCUT2D eigenvalue weighted by Gasteiger charge is 2.26. The van der Waals surface area contributed by atoms with Gasteiger partial charge < -0.3 is 5.11 Å². The van der Waals surface area contributed by atoms with Crippen LogP contribution in [0, 0.1) is 13.8 Å². The topological polar surface area (TPSA) is 50.9 Å². The highest BCUT2D eigenvalue weighted by atomic mass is 16.3. The Morgan fingerprint density at radius 2 is 1.17 bits per heavy atom. The number of para-hydroxylation sites is 1. The second-order valence-electron chi connectivity index (χ2n) is 20.5. The normalized spacial score (nSPS) is 14.4. The number of phenols is 1. The molecule has 0 spiro atoms. The molecular formula is C61H67N3O. The lowest BCUT2D eigenvalue weighted by Crippen LogP contribution is -2.12. The summed E-state index contributed by atoms with van der Waals surface area (Å²) in [6, 6.07) is 39.9. The van der Waals surface area contributed by atoms with Crippen molar-refractivity contribution in [2.24, 2.45) is 0 Å². The van der Waals surface area contributed by atoms with Crippen LogP contribution in [-0.2, 0) is 10.8 Å². The molecule has 4 heteroatoms. The van der Waals surface area contributed by atoms with E-state index in [4.69, 9.17) is 18.2 Å². The average Bonchev–Trinajstić information content (AvgIpc) is 3.67. The molecule has 2 aromatic heterocycles. The van der Waals surface area contributed by atoms with Gasteiger partial charge in [0, 0.05) is 25.5 Å². The molecule has 4 nitrogen and oxygen atoms in total. The number of phenolic OH excluding ortho intramolecular Hbond substituents is 1. The van der Waals surface area contributed by atoms with E-state index in [9.17, 15) is 5.11 Å². The Morgan fingerprint density at radius 3 is 1.80 bits per heavy atom. The maximum Gasteiger partial charge on any atom is 0.149 e. The molecule has 1 N–H and O–H groups in total. The second-order valence-corrected chi connectivity index (χ2v) is 20.5. The molecule has 0 aliphatic heterocycles. The van der Waals surface area contributed by atoms with Gasteiger partial charge in [0.25, 0.3) is 0 Å². The SMILES string of the molecule is [2H]C([2H])([2H])c1cc(-c2cc(C([2H])(C)C)cc(C([2H])(C)C)c2)ccc1-n1c(-c2cc(C(C)(C)C)cc(C)c2O)nc2c(-c3cc(-c4cc(-c5ccc(C([2H])(C)C)cc5)ccn4)cc(C(C)(C)C)c3)cccc21. The first-order valence-electron chi connectivity index (χ1n) is 25.7. The van der Waals surface area contributed by atoms with Crippen LogP contribution in [0.1, 0.15) is 148 Å². The highest BCUT2D eigenvalue weighted by molar-refractivity contribution is 5.97. The van der Waals surface area contributed by atoms with E-state index in [1.807, 2.05) is 138 Å². The van der Waals surface area contributed by atoms with Gasteiger partial charge >= 0.3 is 0 Å². The van der Waals surface area contributed by atoms with E-state index < -0.39 is 24.5 Å². The van der Waals surface area contributed by atoms with Crippen LogP contribution in [0.3, 0.4) is 0 Å². The molecule has 0 aliphatic rings. The van der Waals surface area contributed by atoms with E-state index in [0.29, 0.717) is 39.2 Å². The van der Waals surface area contributed by atoms with Crippen molar-refractivity contribution in [1.82, 2.24) is 14.5 Å². The van der Waals surface area contributed by atoms with Gasteiger partial charge in [-0.3, -0.25) is 9.55 Å². The van der Waals surface area contributed by atoms with Crippen molar-refractivity contribution in [3.63, 3.8) is 0 Å². The third-order valence-corrected chi connectivity index (χ3v) is 12.7. The Morgan fingerprint density at radius 1 is 0.554 bits per heavy atom. The maximum absolute atomic E-state index is 12.1. The number of aromatic hydroxyl groups is 1. The Kier molecular flexibility index (Phi) is 10.1. The standard InChI is InChI=1S/C61H67N3O/c1-36(2)41-18-20-42(21-19-41)44-24-25-62-54(34-44)49-31-48(32-51(33-49)61(12,13)14)52-16-15-17-56-57(52)63-59(53-35-50(60(9,10)11)27-40(8)58(53)65)64(56)55-23-22-43(26-39(55)7)47-29-45(37(3)4)28-46(30-47)38(5)6/h15-38,65H,1-14H3/i7D3,36D,37D,38D. The number of aryl methyl sites for hydroxylation is 2. The summed E-state index contributed by atoms with van der Waals surface area (Å²) < 4.78 is 55.5. The van der Waals surface area contributed by atoms with Gasteiger partial charge in [0.1, 0.15) is 11.6 Å². The van der Waals surface area contributed by atoms with Crippen molar-refractivity contribution >= 4 is 11.0 Å². The predicted octanol–water partition coefficient (Wildman–Crippen LogP) is 17.0. The highest BCUT2D eigenvalue weighted by Crippen LogP contribution is 2.43. The number of rotatable bonds is 9. The van der Waals surface area contributed by atoms with Crippen LogP contribution < -0.4 is 0 Å². The van der Waals surface area contributed by atoms with Crippen molar-refractivity contribution in [2.75, 3.05) is 0 Å². The van der Waals surface area contributed by atoms with E-state index in [1.54, 1.807) is 6.07 Å². The van der Waals surface area contributed by atoms with E-state index >= 15 is 0 Å². The van der Waals surface area contributed by atoms with Gasteiger partial charge in [0.2, 0.25) is 0 Å². The minimum Gasteiger partial charge on any atom is -0.507 e. The van der Waals surface area contributed by atoms with Crippen LogP contribution in [0.5, 0.6) is 5.75 Å². The molecule has 0 unspecified atom stereocenters. The largest absolute Gasteiger partial charge is 0.507 e. The first-order valence-corrected chi connectivity index (χ1v) is 22.7. The number of nitrogens with zero attached hydrogens (tertiary/aromatic N) is 3. The van der Waals surface area contributed by atoms with Crippen LogP contribution in [-0.4, -0.2) is 19.6 Å². The minimum absolute atomic E-state index is 0.0598. The van der Waals surface area contributed by atoms with Gasteiger partial charge in [-0.1, -0.05) is 156 Å². The molecule has 0 aliphatic carbocycles. The van der Waals surface area contributed by atoms with Crippen LogP contribution >= 0.6 is 0 Å². The summed E-state index contributed by atoms with van der Waals surface area (Å²) in [6.07, 6.45) is 1.83. The van der Waals surface area contributed by atoms with Crippen molar-refractivity contribution in [2.45, 2.75) is 125 Å². The van der Waals surface area contributed by atoms with Gasteiger partial charge in [-0.25, -0.2) is 4.98 Å². The molecule has 0 fully saturated rings. The van der Waals surface area contributed by atoms with Crippen LogP contribution in [0.25, 0.3) is 72.7 Å². The van der Waals surface area contributed by atoms with Crippen LogP contribution in [0.15, 0.2) is 128 Å². The molecular weight excluding hydrogens is 791 g/mol. The summed E-state index contributed by atoms with van der Waals surface area (Å²) in [4.78, 5) is 10.4. The number of aromatic nitrogens is 3. The molecule has 332 valence electrons. The molecule has 0 saturated heterocycles. The number of hydrogen-bond acceptors (Lipinski definition) is 3. The molecule has 0 atom stereocenters. The third-order valence-electron chi connectivity index (χ3n) is 12.7. The number of benzene rings is 6. The lowest BCUT2D eigenvalue weighted by atomic mass is 9.83. The molecule has 8 rings (SSSR count). The van der Waals surface area contributed by atoms with Crippen molar-refractivity contribution in [3.05, 3.63) is 166 Å². The van der Waals surface area contributed by atoms with E-state index in [-0.39, 0.29) is 22.1 Å². The Labute approximate surface area is 396 Å². The number of pyridine rings is 1. The monoisotopic (exact) mass is 864 g/mol. The summed E-state index contributed by atoms with van der Waals surface area (Å²) in [6.45, 7) is 23.3. The Balaban J connectivity index is 1.40. The summed E-state index contributed by atoms with van der Waals surface area (Å²) >= 11 is 0. The summed E-state index contributed by atoms with van der Waals surface area (Å²) in [7, 11) is 0. The van der Waals surface area contributed by atoms with Gasteiger partial charge in [-0.05, 0) is 158 Å². The summed E-state index contributed by atoms with van der Waals surface area (Å²) in [5.74, 6) is -2.18. The van der Waals surface area contributed by atoms with Gasteiger partial charge in [-0.2, -0.15) is 0 Å². The molecule has 0 saturated carbocycles. The first-order chi connectivity index (χ1) is 32.8. The molecule has 2 heterocycles. The lowest BCUT2D eigenvalue weighted by molar-refractivity contribution is 0.471. The summed E-state index contributed by atoms with van der Waals surface area (Å²) in [5.41, 5.74) is 13.8. The average molecular weight is 864 g/mol. The zero-order valence-electron chi connectivity index (χ0n) is 46.4. The molecule has 6 aromatic carbocycles. The zero-order valence-corrected chi connectivity index (χ0v) is 40.4. The molecule has 65 heavy (non-hydrogen) atoms. The zero-order chi connectivity index (χ0) is 52.0. The van der Waals surface area contributed by atoms with E-state index in [0.717, 1.165) is 66.9 Å². The first kappa shape index (κ1) is 38.1. The second kappa shape index (κ2) is 17.3. The Hall–Kier alpha value is -6.26. The van der Waals surface area contributed by atoms with Gasteiger partial charge in [-0.15, -0.1) is 0 Å². The fourth-order valence-corrected chi connectivity index (χ4v) is 8.55. The van der Waals surface area contributed by atoms with Crippen LogP contribution in [0.2, 0.25) is 0 Å². The Bertz CT molecular complexity index is 3300. The van der Waals surface area contributed by atoms with Gasteiger partial charge in [0.05, 0.1) is 28.0 Å². The maximum atomic E-state index is 12.1. The van der Waals surface area contributed by atoms with Crippen molar-refractivity contribution in [3.8, 4) is 67.5 Å². The number of imidazole rings is 1. The number of fused-ring (bicyclic) bond motifs is 1. The van der Waals surface area contributed by atoms with E-state index in [1.165, 1.54) is 0 Å². The fourth-order valence-electron chi connectivity index (χ4n) is 8.55. The molecule has 0 radical (unpaired) electrons. The quantitative estimate of drug-likeness (QED) is 0.157. The van der Waals surface area contributed by atoms with Crippen molar-refractivity contribution in [1.29, 1.82) is 0 Å².